The largest absolute Gasteiger partial charge is 0.479 e. The molecule has 0 radical (unpaired) electrons. The monoisotopic (exact) mass is 341 g/mol. The Morgan fingerprint density at radius 3 is 2.52 bits per heavy atom. The predicted molar refractivity (Wildman–Crippen MR) is 93.4 cm³/mol. The molecule has 1 aliphatic rings. The molecule has 2 aromatic rings. The standard InChI is InChI=1S/C19H23N3O3/c1-13-16(12-20-22(13)15-10-6-3-7-11-15)18(23)21-17(19(24)25)14-8-4-2-5-9-14/h2,4-5,8-9,12,15,17H,3,6-7,10-11H2,1H3,(H,21,23)(H,24,25)/t17-/m0/s1. The van der Waals surface area contributed by atoms with Gasteiger partial charge in [-0.2, -0.15) is 5.10 Å². The first-order valence-corrected chi connectivity index (χ1v) is 8.70. The molecule has 6 nitrogen and oxygen atoms in total. The van der Waals surface area contributed by atoms with E-state index in [0.717, 1.165) is 18.5 Å². The zero-order chi connectivity index (χ0) is 17.8. The average molecular weight is 341 g/mol. The van der Waals surface area contributed by atoms with Crippen LogP contribution < -0.4 is 5.32 Å². The molecule has 3 rings (SSSR count). The van der Waals surface area contributed by atoms with E-state index in [4.69, 9.17) is 0 Å². The number of carboxylic acid groups (broad SMARTS) is 1. The number of carboxylic acids is 1. The van der Waals surface area contributed by atoms with Crippen LogP contribution in [0.15, 0.2) is 36.5 Å². The number of aromatic nitrogens is 2. The molecule has 132 valence electrons. The van der Waals surface area contributed by atoms with Crippen molar-refractivity contribution in [3.8, 4) is 0 Å². The Morgan fingerprint density at radius 2 is 1.88 bits per heavy atom. The summed E-state index contributed by atoms with van der Waals surface area (Å²) in [7, 11) is 0. The van der Waals surface area contributed by atoms with E-state index in [9.17, 15) is 14.7 Å². The van der Waals surface area contributed by atoms with Gasteiger partial charge >= 0.3 is 5.97 Å². The summed E-state index contributed by atoms with van der Waals surface area (Å²) < 4.78 is 1.92. The fourth-order valence-corrected chi connectivity index (χ4v) is 3.48. The minimum atomic E-state index is -1.09. The van der Waals surface area contributed by atoms with Gasteiger partial charge in [-0.25, -0.2) is 4.79 Å². The number of aliphatic carboxylic acids is 1. The Bertz CT molecular complexity index is 749. The van der Waals surface area contributed by atoms with Crippen molar-refractivity contribution in [3.05, 3.63) is 53.3 Å². The van der Waals surface area contributed by atoms with E-state index < -0.39 is 17.9 Å². The van der Waals surface area contributed by atoms with Crippen LogP contribution in [0.3, 0.4) is 0 Å². The Morgan fingerprint density at radius 1 is 1.20 bits per heavy atom. The molecule has 0 saturated heterocycles. The van der Waals surface area contributed by atoms with E-state index >= 15 is 0 Å². The van der Waals surface area contributed by atoms with Crippen LogP contribution in [-0.2, 0) is 4.79 Å². The molecular formula is C19H23N3O3. The van der Waals surface area contributed by atoms with Crippen molar-refractivity contribution in [1.82, 2.24) is 15.1 Å². The summed E-state index contributed by atoms with van der Waals surface area (Å²) in [4.78, 5) is 24.2. The molecular weight excluding hydrogens is 318 g/mol. The molecule has 2 N–H and O–H groups in total. The number of rotatable bonds is 5. The van der Waals surface area contributed by atoms with Crippen molar-refractivity contribution in [2.24, 2.45) is 0 Å². The van der Waals surface area contributed by atoms with Crippen LogP contribution in [-0.4, -0.2) is 26.8 Å². The van der Waals surface area contributed by atoms with Crippen LogP contribution in [0.1, 0.15) is 65.8 Å². The fourth-order valence-electron chi connectivity index (χ4n) is 3.48. The van der Waals surface area contributed by atoms with Crippen LogP contribution in [0.5, 0.6) is 0 Å². The molecule has 0 aliphatic heterocycles. The summed E-state index contributed by atoms with van der Waals surface area (Å²) in [5.41, 5.74) is 1.77. The first kappa shape index (κ1) is 17.2. The first-order chi connectivity index (χ1) is 12.1. The first-order valence-electron chi connectivity index (χ1n) is 8.70. The molecule has 1 fully saturated rings. The van der Waals surface area contributed by atoms with Gasteiger partial charge in [-0.3, -0.25) is 9.48 Å². The number of carbonyl (C=O) groups excluding carboxylic acids is 1. The second-order valence-corrected chi connectivity index (χ2v) is 6.54. The second-order valence-electron chi connectivity index (χ2n) is 6.54. The minimum absolute atomic E-state index is 0.333. The van der Waals surface area contributed by atoms with Gasteiger partial charge in [0.05, 0.1) is 17.8 Å². The van der Waals surface area contributed by atoms with Crippen LogP contribution in [0, 0.1) is 6.92 Å². The highest BCUT2D eigenvalue weighted by molar-refractivity contribution is 5.97. The summed E-state index contributed by atoms with van der Waals surface area (Å²) in [6.07, 6.45) is 7.31. The van der Waals surface area contributed by atoms with Crippen molar-refractivity contribution < 1.29 is 14.7 Å². The minimum Gasteiger partial charge on any atom is -0.479 e. The third-order valence-electron chi connectivity index (χ3n) is 4.87. The van der Waals surface area contributed by atoms with Gasteiger partial charge in [-0.05, 0) is 25.3 Å². The Kier molecular flexibility index (Phi) is 5.16. The molecule has 1 heterocycles. The second kappa shape index (κ2) is 7.51. The lowest BCUT2D eigenvalue weighted by molar-refractivity contribution is -0.139. The fraction of sp³-hybridized carbons (Fsp3) is 0.421. The quantitative estimate of drug-likeness (QED) is 0.874. The summed E-state index contributed by atoms with van der Waals surface area (Å²) >= 11 is 0. The molecule has 1 saturated carbocycles. The highest BCUT2D eigenvalue weighted by Gasteiger charge is 2.26. The number of hydrogen-bond donors (Lipinski definition) is 2. The lowest BCUT2D eigenvalue weighted by atomic mass is 9.95. The van der Waals surface area contributed by atoms with Crippen molar-refractivity contribution >= 4 is 11.9 Å². The van der Waals surface area contributed by atoms with Crippen molar-refractivity contribution in [2.75, 3.05) is 0 Å². The molecule has 1 aromatic carbocycles. The van der Waals surface area contributed by atoms with Crippen LogP contribution in [0.2, 0.25) is 0 Å². The number of carbonyl (C=O) groups is 2. The van der Waals surface area contributed by atoms with Gasteiger partial charge in [-0.1, -0.05) is 49.6 Å². The average Bonchev–Trinajstić information content (AvgIpc) is 3.02. The van der Waals surface area contributed by atoms with Crippen molar-refractivity contribution in [2.45, 2.75) is 51.1 Å². The third-order valence-corrected chi connectivity index (χ3v) is 4.87. The molecule has 1 aliphatic carbocycles. The maximum absolute atomic E-state index is 12.6. The third kappa shape index (κ3) is 3.73. The van der Waals surface area contributed by atoms with Crippen molar-refractivity contribution in [1.29, 1.82) is 0 Å². The Labute approximate surface area is 146 Å². The number of nitrogens with one attached hydrogen (secondary N) is 1. The number of benzene rings is 1. The maximum atomic E-state index is 12.6. The summed E-state index contributed by atoms with van der Waals surface area (Å²) in [5, 5.41) is 16.5. The lowest BCUT2D eigenvalue weighted by Crippen LogP contribution is -2.34. The molecule has 0 spiro atoms. The van der Waals surface area contributed by atoms with E-state index in [0.29, 0.717) is 17.2 Å². The van der Waals surface area contributed by atoms with Gasteiger partial charge in [0.15, 0.2) is 6.04 Å². The van der Waals surface area contributed by atoms with Gasteiger partial charge in [0.2, 0.25) is 0 Å². The van der Waals surface area contributed by atoms with Gasteiger partial charge in [0.1, 0.15) is 0 Å². The molecule has 1 atom stereocenters. The molecule has 25 heavy (non-hydrogen) atoms. The van der Waals surface area contributed by atoms with Gasteiger partial charge in [0, 0.05) is 5.69 Å². The molecule has 1 aromatic heterocycles. The van der Waals surface area contributed by atoms with Gasteiger partial charge in [-0.15, -0.1) is 0 Å². The van der Waals surface area contributed by atoms with E-state index in [1.165, 1.54) is 19.3 Å². The Hall–Kier alpha value is -2.63. The predicted octanol–water partition coefficient (Wildman–Crippen LogP) is 3.25. The van der Waals surface area contributed by atoms with Crippen molar-refractivity contribution in [3.63, 3.8) is 0 Å². The van der Waals surface area contributed by atoms with E-state index in [1.54, 1.807) is 30.5 Å². The van der Waals surface area contributed by atoms with Crippen LogP contribution in [0.25, 0.3) is 0 Å². The summed E-state index contributed by atoms with van der Waals surface area (Å²) in [6, 6.07) is 7.95. The lowest BCUT2D eigenvalue weighted by Gasteiger charge is -2.23. The Balaban J connectivity index is 1.78. The molecule has 0 unspecified atom stereocenters. The number of amides is 1. The smallest absolute Gasteiger partial charge is 0.330 e. The normalized spacial score (nSPS) is 16.4. The summed E-state index contributed by atoms with van der Waals surface area (Å²) in [5.74, 6) is -1.49. The zero-order valence-corrected chi connectivity index (χ0v) is 14.3. The highest BCUT2D eigenvalue weighted by Crippen LogP contribution is 2.29. The molecule has 1 amide bonds. The van der Waals surface area contributed by atoms with E-state index in [1.807, 2.05) is 17.7 Å². The highest BCUT2D eigenvalue weighted by atomic mass is 16.4. The number of nitrogens with zero attached hydrogens (tertiary/aromatic N) is 2. The molecule has 6 heteroatoms. The number of hydrogen-bond acceptors (Lipinski definition) is 3. The summed E-state index contributed by atoms with van der Waals surface area (Å²) in [6.45, 7) is 1.87. The SMILES string of the molecule is Cc1c(C(=O)N[C@H](C(=O)O)c2ccccc2)cnn1C1CCCCC1. The maximum Gasteiger partial charge on any atom is 0.330 e. The zero-order valence-electron chi connectivity index (χ0n) is 14.3. The van der Waals surface area contributed by atoms with E-state index in [-0.39, 0.29) is 0 Å². The van der Waals surface area contributed by atoms with Crippen LogP contribution in [0.4, 0.5) is 0 Å². The topological polar surface area (TPSA) is 84.2 Å². The van der Waals surface area contributed by atoms with Gasteiger partial charge < -0.3 is 10.4 Å². The van der Waals surface area contributed by atoms with Gasteiger partial charge in [0.25, 0.3) is 5.91 Å². The molecule has 0 bridgehead atoms. The van der Waals surface area contributed by atoms with E-state index in [2.05, 4.69) is 10.4 Å². The van der Waals surface area contributed by atoms with Crippen LogP contribution >= 0.6 is 0 Å².